The van der Waals surface area contributed by atoms with Crippen LogP contribution in [0, 0.1) is 13.8 Å². The molecule has 2 rings (SSSR count). The quantitative estimate of drug-likeness (QED) is 0.920. The van der Waals surface area contributed by atoms with Crippen molar-refractivity contribution in [2.24, 2.45) is 0 Å². The average Bonchev–Trinajstić information content (AvgIpc) is 2.42. The van der Waals surface area contributed by atoms with Crippen molar-refractivity contribution in [1.82, 2.24) is 0 Å². The molecule has 1 aromatic carbocycles. The Morgan fingerprint density at radius 2 is 2.11 bits per heavy atom. The molecule has 1 amide bonds. The van der Waals surface area contributed by atoms with E-state index < -0.39 is 0 Å². The van der Waals surface area contributed by atoms with Gasteiger partial charge in [-0.3, -0.25) is 4.79 Å². The fourth-order valence-corrected chi connectivity index (χ4v) is 3.08. The molecule has 0 aromatic heterocycles. The van der Waals surface area contributed by atoms with E-state index in [1.807, 2.05) is 26.0 Å². The molecule has 1 aromatic rings. The zero-order valence-corrected chi connectivity index (χ0v) is 12.4. The Labute approximate surface area is 119 Å². The Kier molecular flexibility index (Phi) is 5.28. The monoisotopic (exact) mass is 279 g/mol. The molecule has 1 aliphatic heterocycles. The second kappa shape index (κ2) is 6.96. The Morgan fingerprint density at radius 1 is 1.37 bits per heavy atom. The summed E-state index contributed by atoms with van der Waals surface area (Å²) in [6, 6.07) is 6.12. The number of carbonyl (C=O) groups is 1. The van der Waals surface area contributed by atoms with Crippen LogP contribution in [0.2, 0.25) is 0 Å². The van der Waals surface area contributed by atoms with Crippen LogP contribution in [-0.2, 0) is 9.53 Å². The first-order valence-corrected chi connectivity index (χ1v) is 7.76. The van der Waals surface area contributed by atoms with E-state index in [0.717, 1.165) is 42.9 Å². The minimum Gasteiger partial charge on any atom is -0.381 e. The number of rotatable bonds is 4. The van der Waals surface area contributed by atoms with Gasteiger partial charge in [0.1, 0.15) is 0 Å². The standard InChI is InChI=1S/C15H21NO2S/c1-11-3-4-12(2)14(9-11)16-15(17)10-19-13-5-7-18-8-6-13/h3-4,9,13H,5-8,10H2,1-2H3,(H,16,17). The molecule has 104 valence electrons. The van der Waals surface area contributed by atoms with Gasteiger partial charge in [0.2, 0.25) is 5.91 Å². The summed E-state index contributed by atoms with van der Waals surface area (Å²) >= 11 is 1.74. The third kappa shape index (κ3) is 4.55. The van der Waals surface area contributed by atoms with Gasteiger partial charge in [0.15, 0.2) is 0 Å². The van der Waals surface area contributed by atoms with Gasteiger partial charge in [-0.1, -0.05) is 12.1 Å². The van der Waals surface area contributed by atoms with Crippen LogP contribution in [0.25, 0.3) is 0 Å². The number of hydrogen-bond acceptors (Lipinski definition) is 3. The topological polar surface area (TPSA) is 38.3 Å². The molecule has 0 saturated carbocycles. The number of amides is 1. The van der Waals surface area contributed by atoms with E-state index in [-0.39, 0.29) is 5.91 Å². The van der Waals surface area contributed by atoms with E-state index in [1.165, 1.54) is 0 Å². The van der Waals surface area contributed by atoms with Crippen LogP contribution in [0.15, 0.2) is 18.2 Å². The van der Waals surface area contributed by atoms with Gasteiger partial charge in [-0.15, -0.1) is 11.8 Å². The third-order valence-electron chi connectivity index (χ3n) is 3.29. The van der Waals surface area contributed by atoms with Gasteiger partial charge in [-0.05, 0) is 43.9 Å². The second-order valence-electron chi connectivity index (χ2n) is 4.99. The van der Waals surface area contributed by atoms with Crippen molar-refractivity contribution in [3.05, 3.63) is 29.3 Å². The van der Waals surface area contributed by atoms with Crippen LogP contribution >= 0.6 is 11.8 Å². The van der Waals surface area contributed by atoms with Crippen LogP contribution in [0.5, 0.6) is 0 Å². The summed E-state index contributed by atoms with van der Waals surface area (Å²) in [5.41, 5.74) is 3.20. The maximum atomic E-state index is 12.0. The van der Waals surface area contributed by atoms with Crippen molar-refractivity contribution in [3.63, 3.8) is 0 Å². The van der Waals surface area contributed by atoms with E-state index >= 15 is 0 Å². The van der Waals surface area contributed by atoms with Crippen LogP contribution in [0.1, 0.15) is 24.0 Å². The Morgan fingerprint density at radius 3 is 2.84 bits per heavy atom. The van der Waals surface area contributed by atoms with Gasteiger partial charge in [-0.25, -0.2) is 0 Å². The molecular weight excluding hydrogens is 258 g/mol. The smallest absolute Gasteiger partial charge is 0.234 e. The summed E-state index contributed by atoms with van der Waals surface area (Å²) < 4.78 is 5.32. The number of hydrogen-bond donors (Lipinski definition) is 1. The molecule has 0 spiro atoms. The number of aryl methyl sites for hydroxylation is 2. The van der Waals surface area contributed by atoms with Gasteiger partial charge in [0.25, 0.3) is 0 Å². The van der Waals surface area contributed by atoms with Crippen LogP contribution in [0.4, 0.5) is 5.69 Å². The second-order valence-corrected chi connectivity index (χ2v) is 6.28. The van der Waals surface area contributed by atoms with E-state index in [2.05, 4.69) is 11.4 Å². The first kappa shape index (κ1) is 14.4. The number of nitrogens with one attached hydrogen (secondary N) is 1. The third-order valence-corrected chi connectivity index (χ3v) is 4.66. The molecule has 1 heterocycles. The van der Waals surface area contributed by atoms with Crippen LogP contribution < -0.4 is 5.32 Å². The fraction of sp³-hybridized carbons (Fsp3) is 0.533. The average molecular weight is 279 g/mol. The molecule has 4 heteroatoms. The van der Waals surface area contributed by atoms with Crippen LogP contribution in [0.3, 0.4) is 0 Å². The van der Waals surface area contributed by atoms with Crippen molar-refractivity contribution in [1.29, 1.82) is 0 Å². The van der Waals surface area contributed by atoms with Crippen molar-refractivity contribution in [3.8, 4) is 0 Å². The predicted molar refractivity (Wildman–Crippen MR) is 80.8 cm³/mol. The molecular formula is C15H21NO2S. The molecule has 19 heavy (non-hydrogen) atoms. The fourth-order valence-electron chi connectivity index (χ4n) is 2.09. The van der Waals surface area contributed by atoms with Crippen molar-refractivity contribution in [2.75, 3.05) is 24.3 Å². The summed E-state index contributed by atoms with van der Waals surface area (Å²) in [4.78, 5) is 12.0. The van der Waals surface area contributed by atoms with Gasteiger partial charge < -0.3 is 10.1 Å². The summed E-state index contributed by atoms with van der Waals surface area (Å²) in [6.45, 7) is 5.71. The van der Waals surface area contributed by atoms with E-state index in [9.17, 15) is 4.79 Å². The normalized spacial score (nSPS) is 16.3. The number of ether oxygens (including phenoxy) is 1. The highest BCUT2D eigenvalue weighted by molar-refractivity contribution is 8.00. The summed E-state index contributed by atoms with van der Waals surface area (Å²) in [5.74, 6) is 0.614. The first-order chi connectivity index (χ1) is 9.15. The summed E-state index contributed by atoms with van der Waals surface area (Å²) in [6.07, 6.45) is 2.11. The number of thioether (sulfide) groups is 1. The maximum absolute atomic E-state index is 12.0. The molecule has 1 fully saturated rings. The van der Waals surface area contributed by atoms with Crippen LogP contribution in [-0.4, -0.2) is 30.1 Å². The minimum atomic E-state index is 0.0881. The molecule has 0 atom stereocenters. The Bertz CT molecular complexity index is 442. The highest BCUT2D eigenvalue weighted by Gasteiger charge is 2.15. The molecule has 0 aliphatic carbocycles. The molecule has 3 nitrogen and oxygen atoms in total. The first-order valence-electron chi connectivity index (χ1n) is 6.71. The van der Waals surface area contributed by atoms with Crippen molar-refractivity contribution < 1.29 is 9.53 Å². The molecule has 1 N–H and O–H groups in total. The van der Waals surface area contributed by atoms with Gasteiger partial charge in [0, 0.05) is 24.2 Å². The van der Waals surface area contributed by atoms with Gasteiger partial charge in [0.05, 0.1) is 5.75 Å². The minimum absolute atomic E-state index is 0.0881. The van der Waals surface area contributed by atoms with E-state index in [0.29, 0.717) is 11.0 Å². The number of benzene rings is 1. The summed E-state index contributed by atoms with van der Waals surface area (Å²) in [7, 11) is 0. The number of carbonyl (C=O) groups excluding carboxylic acids is 1. The highest BCUT2D eigenvalue weighted by atomic mass is 32.2. The Balaban J connectivity index is 1.81. The lowest BCUT2D eigenvalue weighted by molar-refractivity contribution is -0.113. The molecule has 1 saturated heterocycles. The summed E-state index contributed by atoms with van der Waals surface area (Å²) in [5, 5.41) is 3.57. The zero-order valence-electron chi connectivity index (χ0n) is 11.6. The molecule has 0 unspecified atom stereocenters. The zero-order chi connectivity index (χ0) is 13.7. The highest BCUT2D eigenvalue weighted by Crippen LogP contribution is 2.22. The van der Waals surface area contributed by atoms with Crippen molar-refractivity contribution >= 4 is 23.4 Å². The van der Waals surface area contributed by atoms with E-state index in [1.54, 1.807) is 11.8 Å². The molecule has 0 radical (unpaired) electrons. The van der Waals surface area contributed by atoms with Gasteiger partial charge >= 0.3 is 0 Å². The lowest BCUT2D eigenvalue weighted by Crippen LogP contribution is -2.21. The predicted octanol–water partition coefficient (Wildman–Crippen LogP) is 3.15. The molecule has 1 aliphatic rings. The lowest BCUT2D eigenvalue weighted by Gasteiger charge is -2.21. The maximum Gasteiger partial charge on any atom is 0.234 e. The SMILES string of the molecule is Cc1ccc(C)c(NC(=O)CSC2CCOCC2)c1. The van der Waals surface area contributed by atoms with E-state index in [4.69, 9.17) is 4.74 Å². The lowest BCUT2D eigenvalue weighted by atomic mass is 10.1. The van der Waals surface area contributed by atoms with Crippen molar-refractivity contribution in [2.45, 2.75) is 31.9 Å². The largest absolute Gasteiger partial charge is 0.381 e. The Hall–Kier alpha value is -1.00. The van der Waals surface area contributed by atoms with Gasteiger partial charge in [-0.2, -0.15) is 0 Å². The number of anilines is 1. The molecule has 0 bridgehead atoms.